The third-order valence-corrected chi connectivity index (χ3v) is 9.81. The van der Waals surface area contributed by atoms with Gasteiger partial charge in [-0.2, -0.15) is 0 Å². The van der Waals surface area contributed by atoms with Crippen LogP contribution in [-0.2, 0) is 26.2 Å². The second kappa shape index (κ2) is 15.1. The standard InChI is InChI=1S/C31H36Cl3N3O4S/c1-5-7-17-35-31(39)29(6-2)36(19-26-27(33)9-8-10-28(26)34)30(38)20-37(24-14-11-21(3)22(4)18-24)42(40,41)25-15-12-23(32)13-16-25/h8-16,18,29H,5-7,17,19-20H2,1-4H3,(H,35,39)/t29-/m0/s1. The molecular formula is C31H36Cl3N3O4S. The van der Waals surface area contributed by atoms with Gasteiger partial charge in [-0.05, 0) is 86.3 Å². The maximum atomic E-state index is 14.2. The summed E-state index contributed by atoms with van der Waals surface area (Å²) in [7, 11) is -4.21. The lowest BCUT2D eigenvalue weighted by atomic mass is 10.1. The van der Waals surface area contributed by atoms with E-state index < -0.39 is 28.5 Å². The van der Waals surface area contributed by atoms with Gasteiger partial charge in [0.15, 0.2) is 0 Å². The molecule has 0 saturated heterocycles. The van der Waals surface area contributed by atoms with Gasteiger partial charge in [0.1, 0.15) is 12.6 Å². The molecule has 0 bridgehead atoms. The molecular weight excluding hydrogens is 617 g/mol. The van der Waals surface area contributed by atoms with Crippen molar-refractivity contribution in [3.8, 4) is 0 Å². The predicted molar refractivity (Wildman–Crippen MR) is 171 cm³/mol. The van der Waals surface area contributed by atoms with Gasteiger partial charge in [-0.15, -0.1) is 0 Å². The second-order valence-electron chi connectivity index (χ2n) is 10.0. The first-order valence-electron chi connectivity index (χ1n) is 13.8. The van der Waals surface area contributed by atoms with E-state index in [9.17, 15) is 18.0 Å². The summed E-state index contributed by atoms with van der Waals surface area (Å²) < 4.78 is 29.1. The van der Waals surface area contributed by atoms with Crippen LogP contribution in [0.25, 0.3) is 0 Å². The van der Waals surface area contributed by atoms with Gasteiger partial charge >= 0.3 is 0 Å². The molecule has 0 radical (unpaired) electrons. The molecule has 0 aliphatic heterocycles. The lowest BCUT2D eigenvalue weighted by molar-refractivity contribution is -0.140. The number of benzene rings is 3. The van der Waals surface area contributed by atoms with Crippen LogP contribution < -0.4 is 9.62 Å². The Bertz CT molecular complexity index is 1490. The number of carbonyl (C=O) groups excluding carboxylic acids is 2. The van der Waals surface area contributed by atoms with E-state index in [1.807, 2.05) is 20.8 Å². The minimum atomic E-state index is -4.21. The average Bonchev–Trinajstić information content (AvgIpc) is 2.95. The molecule has 0 fully saturated rings. The third-order valence-electron chi connectivity index (χ3n) is 7.06. The molecule has 0 aromatic heterocycles. The Balaban J connectivity index is 2.10. The molecule has 3 aromatic carbocycles. The maximum absolute atomic E-state index is 14.2. The highest BCUT2D eigenvalue weighted by Crippen LogP contribution is 2.30. The minimum absolute atomic E-state index is 0.0250. The van der Waals surface area contributed by atoms with Crippen molar-refractivity contribution in [2.24, 2.45) is 0 Å². The van der Waals surface area contributed by atoms with E-state index in [1.165, 1.54) is 29.2 Å². The van der Waals surface area contributed by atoms with E-state index in [0.29, 0.717) is 39.3 Å². The van der Waals surface area contributed by atoms with Gasteiger partial charge in [0.25, 0.3) is 10.0 Å². The normalized spacial score (nSPS) is 12.1. The van der Waals surface area contributed by atoms with Gasteiger partial charge in [0.05, 0.1) is 10.6 Å². The highest BCUT2D eigenvalue weighted by molar-refractivity contribution is 7.92. The summed E-state index contributed by atoms with van der Waals surface area (Å²) in [5, 5.41) is 3.95. The van der Waals surface area contributed by atoms with Crippen molar-refractivity contribution in [3.05, 3.63) is 92.4 Å². The SMILES string of the molecule is CCCCNC(=O)[C@H](CC)N(Cc1c(Cl)cccc1Cl)C(=O)CN(c1ccc(C)c(C)c1)S(=O)(=O)c1ccc(Cl)cc1. The predicted octanol–water partition coefficient (Wildman–Crippen LogP) is 7.18. The molecule has 226 valence electrons. The molecule has 0 heterocycles. The molecule has 0 aliphatic rings. The first kappa shape index (κ1) is 33.7. The molecule has 2 amide bonds. The first-order valence-corrected chi connectivity index (χ1v) is 16.3. The molecule has 3 aromatic rings. The van der Waals surface area contributed by atoms with Crippen molar-refractivity contribution in [1.29, 1.82) is 0 Å². The first-order chi connectivity index (χ1) is 19.9. The highest BCUT2D eigenvalue weighted by atomic mass is 35.5. The van der Waals surface area contributed by atoms with E-state index in [4.69, 9.17) is 34.8 Å². The number of amides is 2. The Morgan fingerprint density at radius 1 is 0.905 bits per heavy atom. The number of halogens is 3. The van der Waals surface area contributed by atoms with Gasteiger partial charge in [-0.3, -0.25) is 13.9 Å². The van der Waals surface area contributed by atoms with Crippen molar-refractivity contribution in [1.82, 2.24) is 10.2 Å². The molecule has 11 heteroatoms. The number of nitrogens with one attached hydrogen (secondary N) is 1. The molecule has 1 atom stereocenters. The fraction of sp³-hybridized carbons (Fsp3) is 0.355. The molecule has 7 nitrogen and oxygen atoms in total. The molecule has 3 rings (SSSR count). The van der Waals surface area contributed by atoms with Gasteiger partial charge in [0.2, 0.25) is 11.8 Å². The minimum Gasteiger partial charge on any atom is -0.354 e. The Kier molecular flexibility index (Phi) is 12.1. The summed E-state index contributed by atoms with van der Waals surface area (Å²) in [5.74, 6) is -0.917. The van der Waals surface area contributed by atoms with Crippen molar-refractivity contribution < 1.29 is 18.0 Å². The number of aryl methyl sites for hydroxylation is 2. The molecule has 0 unspecified atom stereocenters. The average molecular weight is 653 g/mol. The Labute approximate surface area is 263 Å². The molecule has 0 aliphatic carbocycles. The van der Waals surface area contributed by atoms with Gasteiger partial charge in [0, 0.05) is 33.7 Å². The van der Waals surface area contributed by atoms with Crippen LogP contribution in [0, 0.1) is 13.8 Å². The van der Waals surface area contributed by atoms with Crippen LogP contribution in [-0.4, -0.2) is 44.3 Å². The van der Waals surface area contributed by atoms with E-state index in [0.717, 1.165) is 28.3 Å². The van der Waals surface area contributed by atoms with Gasteiger partial charge in [-0.25, -0.2) is 8.42 Å². The van der Waals surface area contributed by atoms with Crippen LogP contribution in [0.5, 0.6) is 0 Å². The van der Waals surface area contributed by atoms with E-state index in [-0.39, 0.29) is 17.3 Å². The number of carbonyl (C=O) groups is 2. The van der Waals surface area contributed by atoms with Crippen LogP contribution in [0.15, 0.2) is 65.6 Å². The Morgan fingerprint density at radius 2 is 1.55 bits per heavy atom. The van der Waals surface area contributed by atoms with Crippen molar-refractivity contribution >= 4 is 62.3 Å². The van der Waals surface area contributed by atoms with Crippen LogP contribution in [0.2, 0.25) is 15.1 Å². The number of sulfonamides is 1. The fourth-order valence-electron chi connectivity index (χ4n) is 4.42. The summed E-state index contributed by atoms with van der Waals surface area (Å²) in [6, 6.07) is 15.0. The van der Waals surface area contributed by atoms with Crippen molar-refractivity contribution in [3.63, 3.8) is 0 Å². The van der Waals surface area contributed by atoms with E-state index >= 15 is 0 Å². The Hall–Kier alpha value is -2.78. The summed E-state index contributed by atoms with van der Waals surface area (Å²) in [5.41, 5.74) is 2.61. The summed E-state index contributed by atoms with van der Waals surface area (Å²) >= 11 is 19.0. The second-order valence-corrected chi connectivity index (χ2v) is 13.1. The molecule has 0 saturated carbocycles. The third kappa shape index (κ3) is 8.19. The van der Waals surface area contributed by atoms with Crippen LogP contribution in [0.4, 0.5) is 5.69 Å². The van der Waals surface area contributed by atoms with Gasteiger partial charge in [-0.1, -0.05) is 67.2 Å². The highest BCUT2D eigenvalue weighted by Gasteiger charge is 2.34. The number of anilines is 1. The van der Waals surface area contributed by atoms with Crippen LogP contribution in [0.1, 0.15) is 49.8 Å². The zero-order valence-corrected chi connectivity index (χ0v) is 27.2. The summed E-state index contributed by atoms with van der Waals surface area (Å²) in [6.45, 7) is 7.41. The summed E-state index contributed by atoms with van der Waals surface area (Å²) in [4.78, 5) is 28.9. The van der Waals surface area contributed by atoms with E-state index in [2.05, 4.69) is 5.32 Å². The van der Waals surface area contributed by atoms with Crippen molar-refractivity contribution in [2.45, 2.75) is 64.4 Å². The van der Waals surface area contributed by atoms with Gasteiger partial charge < -0.3 is 10.2 Å². The fourth-order valence-corrected chi connectivity index (χ4v) is 6.47. The van der Waals surface area contributed by atoms with Crippen molar-refractivity contribution in [2.75, 3.05) is 17.4 Å². The quantitative estimate of drug-likeness (QED) is 0.198. The maximum Gasteiger partial charge on any atom is 0.264 e. The molecule has 0 spiro atoms. The lowest BCUT2D eigenvalue weighted by Gasteiger charge is -2.33. The number of unbranched alkanes of at least 4 members (excludes halogenated alkanes) is 1. The number of hydrogen-bond acceptors (Lipinski definition) is 4. The van der Waals surface area contributed by atoms with Crippen LogP contribution in [0.3, 0.4) is 0 Å². The monoisotopic (exact) mass is 651 g/mol. The smallest absolute Gasteiger partial charge is 0.264 e. The number of nitrogens with zero attached hydrogens (tertiary/aromatic N) is 2. The zero-order valence-electron chi connectivity index (χ0n) is 24.2. The largest absolute Gasteiger partial charge is 0.354 e. The zero-order chi connectivity index (χ0) is 31.0. The topological polar surface area (TPSA) is 86.8 Å². The lowest BCUT2D eigenvalue weighted by Crippen LogP contribution is -2.52. The summed E-state index contributed by atoms with van der Waals surface area (Å²) in [6.07, 6.45) is 1.97. The number of hydrogen-bond donors (Lipinski definition) is 1. The van der Waals surface area contributed by atoms with E-state index in [1.54, 1.807) is 43.3 Å². The molecule has 1 N–H and O–H groups in total. The number of rotatable bonds is 13. The molecule has 42 heavy (non-hydrogen) atoms. The van der Waals surface area contributed by atoms with Crippen LogP contribution >= 0.6 is 34.8 Å². The Morgan fingerprint density at radius 3 is 2.12 bits per heavy atom.